The quantitative estimate of drug-likeness (QED) is 0.689. The van der Waals surface area contributed by atoms with Crippen LogP contribution in [-0.2, 0) is 4.74 Å². The zero-order chi connectivity index (χ0) is 14.4. The zero-order valence-corrected chi connectivity index (χ0v) is 11.6. The van der Waals surface area contributed by atoms with Crippen molar-refractivity contribution in [2.24, 2.45) is 11.7 Å². The van der Waals surface area contributed by atoms with Gasteiger partial charge in [0.1, 0.15) is 5.82 Å². The molecule has 1 amide bonds. The van der Waals surface area contributed by atoms with E-state index < -0.39 is 5.91 Å². The molecule has 1 aromatic rings. The van der Waals surface area contributed by atoms with Gasteiger partial charge in [-0.15, -0.1) is 0 Å². The lowest BCUT2D eigenvalue weighted by Crippen LogP contribution is -2.32. The summed E-state index contributed by atoms with van der Waals surface area (Å²) in [5, 5.41) is 3.20. The molecule has 1 rings (SSSR count). The molecule has 0 aromatic carbocycles. The summed E-state index contributed by atoms with van der Waals surface area (Å²) >= 11 is 0. The molecular formula is C13H22N4O2. The molecule has 6 nitrogen and oxygen atoms in total. The van der Waals surface area contributed by atoms with Gasteiger partial charge in [0.25, 0.3) is 5.91 Å². The Balaban J connectivity index is 2.92. The molecule has 0 fully saturated rings. The van der Waals surface area contributed by atoms with Crippen LogP contribution in [0.3, 0.4) is 0 Å². The first-order valence-corrected chi connectivity index (χ1v) is 6.35. The Labute approximate surface area is 113 Å². The van der Waals surface area contributed by atoms with Crippen LogP contribution in [0.2, 0.25) is 0 Å². The second-order valence-electron chi connectivity index (χ2n) is 4.68. The first-order valence-electron chi connectivity index (χ1n) is 6.35. The van der Waals surface area contributed by atoms with Crippen molar-refractivity contribution in [1.82, 2.24) is 4.98 Å². The minimum absolute atomic E-state index is 0.0502. The first kappa shape index (κ1) is 15.2. The summed E-state index contributed by atoms with van der Waals surface area (Å²) in [6.07, 6.45) is 1.49. The van der Waals surface area contributed by atoms with E-state index in [1.165, 1.54) is 12.3 Å². The maximum Gasteiger partial charge on any atom is 0.252 e. The van der Waals surface area contributed by atoms with Crippen LogP contribution in [0.25, 0.3) is 0 Å². The van der Waals surface area contributed by atoms with Crippen LogP contribution in [0.1, 0.15) is 31.1 Å². The number of nitrogens with zero attached hydrogens (tertiary/aromatic N) is 1. The molecule has 6 heteroatoms. The molecule has 5 N–H and O–H groups in total. The average Bonchev–Trinajstić information content (AvgIpc) is 2.35. The number of aromatic nitrogens is 1. The number of carbonyl (C=O) groups excluding carboxylic acids is 1. The Hall–Kier alpha value is -1.82. The number of nitrogens with two attached hydrogens (primary N) is 2. The van der Waals surface area contributed by atoms with E-state index in [-0.39, 0.29) is 6.04 Å². The summed E-state index contributed by atoms with van der Waals surface area (Å²) in [5.41, 5.74) is 11.6. The minimum atomic E-state index is -0.554. The fourth-order valence-electron chi connectivity index (χ4n) is 1.60. The van der Waals surface area contributed by atoms with E-state index in [1.54, 1.807) is 0 Å². The molecule has 0 saturated carbocycles. The predicted molar refractivity (Wildman–Crippen MR) is 75.9 cm³/mol. The Morgan fingerprint density at radius 3 is 2.74 bits per heavy atom. The SMILES string of the molecule is CCOCC(Nc1ncc(N)cc1C(N)=O)C(C)C. The van der Waals surface area contributed by atoms with E-state index >= 15 is 0 Å². The molecule has 0 radical (unpaired) electrons. The molecule has 0 aliphatic rings. The summed E-state index contributed by atoms with van der Waals surface area (Å²) in [4.78, 5) is 15.5. The van der Waals surface area contributed by atoms with Crippen LogP contribution in [0.15, 0.2) is 12.3 Å². The predicted octanol–water partition coefficient (Wildman–Crippen LogP) is 1.24. The van der Waals surface area contributed by atoms with Gasteiger partial charge in [0, 0.05) is 6.61 Å². The number of nitrogen functional groups attached to an aromatic ring is 1. The summed E-state index contributed by atoms with van der Waals surface area (Å²) < 4.78 is 5.42. The fourth-order valence-corrected chi connectivity index (χ4v) is 1.60. The highest BCUT2D eigenvalue weighted by molar-refractivity contribution is 5.98. The van der Waals surface area contributed by atoms with Gasteiger partial charge in [-0.05, 0) is 18.9 Å². The van der Waals surface area contributed by atoms with E-state index in [4.69, 9.17) is 16.2 Å². The first-order chi connectivity index (χ1) is 8.95. The average molecular weight is 266 g/mol. The number of anilines is 2. The van der Waals surface area contributed by atoms with Crippen molar-refractivity contribution in [1.29, 1.82) is 0 Å². The van der Waals surface area contributed by atoms with Gasteiger partial charge in [-0.25, -0.2) is 4.98 Å². The van der Waals surface area contributed by atoms with Gasteiger partial charge in [-0.1, -0.05) is 13.8 Å². The van der Waals surface area contributed by atoms with Crippen molar-refractivity contribution < 1.29 is 9.53 Å². The highest BCUT2D eigenvalue weighted by Crippen LogP contribution is 2.18. The van der Waals surface area contributed by atoms with E-state index in [9.17, 15) is 4.79 Å². The van der Waals surface area contributed by atoms with Crippen LogP contribution >= 0.6 is 0 Å². The van der Waals surface area contributed by atoms with E-state index in [0.29, 0.717) is 36.2 Å². The fraction of sp³-hybridized carbons (Fsp3) is 0.538. The zero-order valence-electron chi connectivity index (χ0n) is 11.6. The van der Waals surface area contributed by atoms with Crippen LogP contribution in [0.4, 0.5) is 11.5 Å². The normalized spacial score (nSPS) is 12.4. The maximum absolute atomic E-state index is 11.4. The monoisotopic (exact) mass is 266 g/mol. The van der Waals surface area contributed by atoms with Gasteiger partial charge in [-0.3, -0.25) is 4.79 Å². The second-order valence-corrected chi connectivity index (χ2v) is 4.68. The van der Waals surface area contributed by atoms with Crippen molar-refractivity contribution in [2.75, 3.05) is 24.3 Å². The summed E-state index contributed by atoms with van der Waals surface area (Å²) in [5.74, 6) is 0.216. The molecule has 0 bridgehead atoms. The van der Waals surface area contributed by atoms with Gasteiger partial charge in [0.05, 0.1) is 30.1 Å². The Bertz CT molecular complexity index is 435. The van der Waals surface area contributed by atoms with Crippen molar-refractivity contribution in [3.05, 3.63) is 17.8 Å². The van der Waals surface area contributed by atoms with Crippen molar-refractivity contribution >= 4 is 17.4 Å². The van der Waals surface area contributed by atoms with Gasteiger partial charge < -0.3 is 21.5 Å². The van der Waals surface area contributed by atoms with E-state index in [1.807, 2.05) is 6.92 Å². The number of primary amides is 1. The van der Waals surface area contributed by atoms with Gasteiger partial charge in [0.2, 0.25) is 0 Å². The molecule has 1 unspecified atom stereocenters. The van der Waals surface area contributed by atoms with Crippen molar-refractivity contribution in [2.45, 2.75) is 26.8 Å². The number of hydrogen-bond acceptors (Lipinski definition) is 5. The van der Waals surface area contributed by atoms with E-state index in [2.05, 4.69) is 24.1 Å². The van der Waals surface area contributed by atoms with Crippen LogP contribution in [0.5, 0.6) is 0 Å². The summed E-state index contributed by atoms with van der Waals surface area (Å²) in [6.45, 7) is 7.25. The number of carbonyl (C=O) groups is 1. The Morgan fingerprint density at radius 1 is 1.53 bits per heavy atom. The molecule has 1 atom stereocenters. The lowest BCUT2D eigenvalue weighted by atomic mass is 10.0. The molecule has 19 heavy (non-hydrogen) atoms. The smallest absolute Gasteiger partial charge is 0.252 e. The highest BCUT2D eigenvalue weighted by Gasteiger charge is 2.17. The van der Waals surface area contributed by atoms with Gasteiger partial charge in [0.15, 0.2) is 0 Å². The minimum Gasteiger partial charge on any atom is -0.397 e. The summed E-state index contributed by atoms with van der Waals surface area (Å²) in [6, 6.07) is 1.57. The maximum atomic E-state index is 11.4. The molecule has 0 spiro atoms. The summed E-state index contributed by atoms with van der Waals surface area (Å²) in [7, 11) is 0. The molecule has 106 valence electrons. The molecule has 1 heterocycles. The van der Waals surface area contributed by atoms with E-state index in [0.717, 1.165) is 0 Å². The number of amides is 1. The van der Waals surface area contributed by atoms with Crippen LogP contribution in [0, 0.1) is 5.92 Å². The molecule has 0 aliphatic carbocycles. The van der Waals surface area contributed by atoms with Crippen LogP contribution < -0.4 is 16.8 Å². The van der Waals surface area contributed by atoms with Crippen molar-refractivity contribution in [3.63, 3.8) is 0 Å². The lowest BCUT2D eigenvalue weighted by molar-refractivity contribution is 0.1000. The standard InChI is InChI=1S/C13H22N4O2/c1-4-19-7-11(8(2)3)17-13-10(12(15)18)5-9(14)6-16-13/h5-6,8,11H,4,7,14H2,1-3H3,(H2,15,18)(H,16,17). The topological polar surface area (TPSA) is 103 Å². The van der Waals surface area contributed by atoms with Gasteiger partial charge >= 0.3 is 0 Å². The molecular weight excluding hydrogens is 244 g/mol. The third-order valence-electron chi connectivity index (χ3n) is 2.80. The Kier molecular flexibility index (Phi) is 5.57. The highest BCUT2D eigenvalue weighted by atomic mass is 16.5. The second kappa shape index (κ2) is 6.94. The largest absolute Gasteiger partial charge is 0.397 e. The van der Waals surface area contributed by atoms with Gasteiger partial charge in [-0.2, -0.15) is 0 Å². The van der Waals surface area contributed by atoms with Crippen LogP contribution in [-0.4, -0.2) is 30.1 Å². The lowest BCUT2D eigenvalue weighted by Gasteiger charge is -2.23. The molecule has 0 aliphatic heterocycles. The van der Waals surface area contributed by atoms with Crippen molar-refractivity contribution in [3.8, 4) is 0 Å². The molecule has 1 aromatic heterocycles. The number of pyridine rings is 1. The number of ether oxygens (including phenoxy) is 1. The third kappa shape index (κ3) is 4.40. The third-order valence-corrected chi connectivity index (χ3v) is 2.80. The molecule has 0 saturated heterocycles. The number of nitrogens with one attached hydrogen (secondary N) is 1. The number of rotatable bonds is 7. The number of hydrogen-bond donors (Lipinski definition) is 3. The Morgan fingerprint density at radius 2 is 2.21 bits per heavy atom.